The summed E-state index contributed by atoms with van der Waals surface area (Å²) in [6.45, 7) is -0.380. The van der Waals surface area contributed by atoms with Gasteiger partial charge in [-0.15, -0.1) is 0 Å². The number of allylic oxidation sites excluding steroid dienone is 1. The van der Waals surface area contributed by atoms with Gasteiger partial charge in [0, 0.05) is 11.1 Å². The largest absolute Gasteiger partial charge is 0.508 e. The van der Waals surface area contributed by atoms with E-state index >= 15 is 0 Å². The van der Waals surface area contributed by atoms with Crippen LogP contribution in [0.15, 0.2) is 78.9 Å². The van der Waals surface area contributed by atoms with Crippen LogP contribution in [0.1, 0.15) is 33.6 Å². The Bertz CT molecular complexity index is 1410. The molecule has 2 N–H and O–H groups in total. The quantitative estimate of drug-likeness (QED) is 0.407. The first-order valence-corrected chi connectivity index (χ1v) is 11.0. The highest BCUT2D eigenvalue weighted by Gasteiger charge is 2.28. The minimum atomic E-state index is -0.538. The molecule has 0 fully saturated rings. The number of amides is 1. The maximum atomic E-state index is 13.2. The van der Waals surface area contributed by atoms with E-state index in [9.17, 15) is 14.7 Å². The Morgan fingerprint density at radius 3 is 2.47 bits per heavy atom. The third-order valence-corrected chi connectivity index (χ3v) is 5.77. The van der Waals surface area contributed by atoms with Crippen LogP contribution < -0.4 is 5.32 Å². The zero-order valence-corrected chi connectivity index (χ0v) is 18.3. The summed E-state index contributed by atoms with van der Waals surface area (Å²) in [4.78, 5) is 30.3. The molecule has 0 bridgehead atoms. The van der Waals surface area contributed by atoms with Crippen molar-refractivity contribution in [2.24, 2.45) is 0 Å². The number of nitrogens with one attached hydrogen (secondary N) is 1. The van der Waals surface area contributed by atoms with Crippen molar-refractivity contribution in [1.82, 2.24) is 4.98 Å². The average molecular weight is 450 g/mol. The van der Waals surface area contributed by atoms with Gasteiger partial charge in [0.1, 0.15) is 5.75 Å². The number of ether oxygens (including phenoxy) is 1. The Balaban J connectivity index is 1.45. The van der Waals surface area contributed by atoms with E-state index in [2.05, 4.69) is 5.32 Å². The van der Waals surface area contributed by atoms with Crippen LogP contribution in [-0.4, -0.2) is 28.6 Å². The van der Waals surface area contributed by atoms with E-state index in [-0.39, 0.29) is 12.4 Å². The van der Waals surface area contributed by atoms with Crippen LogP contribution in [-0.2, 0) is 16.0 Å². The Morgan fingerprint density at radius 1 is 0.941 bits per heavy atom. The number of hydrogen-bond acceptors (Lipinski definition) is 5. The van der Waals surface area contributed by atoms with E-state index in [1.54, 1.807) is 24.3 Å². The Labute approximate surface area is 196 Å². The van der Waals surface area contributed by atoms with Crippen molar-refractivity contribution in [2.45, 2.75) is 12.8 Å². The van der Waals surface area contributed by atoms with Crippen LogP contribution in [0.2, 0.25) is 0 Å². The molecule has 0 spiro atoms. The van der Waals surface area contributed by atoms with Gasteiger partial charge < -0.3 is 15.2 Å². The summed E-state index contributed by atoms with van der Waals surface area (Å²) in [5, 5.41) is 13.0. The summed E-state index contributed by atoms with van der Waals surface area (Å²) < 4.78 is 5.44. The zero-order valence-electron chi connectivity index (χ0n) is 18.3. The second-order valence-corrected chi connectivity index (χ2v) is 8.08. The number of aromatic nitrogens is 1. The second-order valence-electron chi connectivity index (χ2n) is 8.08. The predicted molar refractivity (Wildman–Crippen MR) is 131 cm³/mol. The molecule has 6 nitrogen and oxygen atoms in total. The van der Waals surface area contributed by atoms with Gasteiger partial charge in [0.25, 0.3) is 5.91 Å². The number of fused-ring (bicyclic) bond motifs is 2. The molecule has 3 aromatic carbocycles. The van der Waals surface area contributed by atoms with Crippen molar-refractivity contribution < 1.29 is 19.4 Å². The first kappa shape index (κ1) is 21.4. The molecule has 1 aliphatic rings. The number of aromatic hydroxyl groups is 1. The molecule has 0 saturated heterocycles. The molecule has 5 rings (SSSR count). The van der Waals surface area contributed by atoms with E-state index in [0.29, 0.717) is 28.6 Å². The number of anilines is 1. The van der Waals surface area contributed by atoms with E-state index in [1.165, 1.54) is 0 Å². The molecule has 0 saturated carbocycles. The highest BCUT2D eigenvalue weighted by molar-refractivity contribution is 6.08. The number of nitrogens with zero attached hydrogens (tertiary/aromatic N) is 1. The fourth-order valence-electron chi connectivity index (χ4n) is 4.21. The standard InChI is InChI=1S/C28H22N2O4/c31-21-13-10-18(11-14-21)16-19-12-15-23-26(22-8-4-5-9-24(22)30-27(19)23)28(33)34-17-25(32)29-20-6-2-1-3-7-20/h1-11,13-14,16,31H,12,15,17H2,(H,29,32)/b19-16-. The van der Waals surface area contributed by atoms with Crippen molar-refractivity contribution in [3.8, 4) is 5.75 Å². The minimum Gasteiger partial charge on any atom is -0.508 e. The lowest BCUT2D eigenvalue weighted by Crippen LogP contribution is -2.21. The molecule has 4 aromatic rings. The summed E-state index contributed by atoms with van der Waals surface area (Å²) in [5.41, 5.74) is 5.36. The van der Waals surface area contributed by atoms with Gasteiger partial charge in [-0.3, -0.25) is 4.79 Å². The lowest BCUT2D eigenvalue weighted by Gasteiger charge is -2.12. The van der Waals surface area contributed by atoms with Crippen LogP contribution in [0.3, 0.4) is 0 Å². The van der Waals surface area contributed by atoms with Gasteiger partial charge in [-0.2, -0.15) is 0 Å². The molecule has 0 unspecified atom stereocenters. The molecular weight excluding hydrogens is 428 g/mol. The van der Waals surface area contributed by atoms with Gasteiger partial charge >= 0.3 is 5.97 Å². The number of benzene rings is 3. The summed E-state index contributed by atoms with van der Waals surface area (Å²) in [5.74, 6) is -0.731. The average Bonchev–Trinajstić information content (AvgIpc) is 3.25. The van der Waals surface area contributed by atoms with Gasteiger partial charge in [0.15, 0.2) is 6.61 Å². The van der Waals surface area contributed by atoms with Gasteiger partial charge in [0.2, 0.25) is 0 Å². The summed E-state index contributed by atoms with van der Waals surface area (Å²) in [7, 11) is 0. The summed E-state index contributed by atoms with van der Waals surface area (Å²) >= 11 is 0. The number of phenols is 1. The number of para-hydroxylation sites is 2. The molecule has 0 aliphatic heterocycles. The molecule has 1 aliphatic carbocycles. The molecule has 0 radical (unpaired) electrons. The van der Waals surface area contributed by atoms with Crippen molar-refractivity contribution in [3.05, 3.63) is 101 Å². The molecule has 34 heavy (non-hydrogen) atoms. The lowest BCUT2D eigenvalue weighted by atomic mass is 10.0. The Morgan fingerprint density at radius 2 is 1.68 bits per heavy atom. The molecule has 6 heteroatoms. The number of hydrogen-bond donors (Lipinski definition) is 2. The van der Waals surface area contributed by atoms with E-state index in [1.807, 2.05) is 60.7 Å². The normalized spacial score (nSPS) is 13.6. The van der Waals surface area contributed by atoms with Crippen molar-refractivity contribution >= 4 is 40.1 Å². The van der Waals surface area contributed by atoms with Crippen molar-refractivity contribution in [1.29, 1.82) is 0 Å². The molecule has 1 heterocycles. The van der Waals surface area contributed by atoms with Gasteiger partial charge in [-0.05, 0) is 65.9 Å². The smallest absolute Gasteiger partial charge is 0.339 e. The first-order chi connectivity index (χ1) is 16.6. The fourth-order valence-corrected chi connectivity index (χ4v) is 4.21. The molecule has 168 valence electrons. The zero-order chi connectivity index (χ0) is 23.5. The third-order valence-electron chi connectivity index (χ3n) is 5.77. The van der Waals surface area contributed by atoms with Crippen LogP contribution in [0.25, 0.3) is 22.6 Å². The number of rotatable bonds is 5. The number of phenolic OH excluding ortho intramolecular Hbond substituents is 1. The van der Waals surface area contributed by atoms with E-state index in [4.69, 9.17) is 9.72 Å². The molecule has 1 amide bonds. The monoisotopic (exact) mass is 450 g/mol. The number of carbonyl (C=O) groups is 2. The van der Waals surface area contributed by atoms with Crippen LogP contribution in [0.5, 0.6) is 5.75 Å². The van der Waals surface area contributed by atoms with Crippen LogP contribution in [0.4, 0.5) is 5.69 Å². The first-order valence-electron chi connectivity index (χ1n) is 11.0. The fraction of sp³-hybridized carbons (Fsp3) is 0.107. The Kier molecular flexibility index (Phi) is 5.79. The van der Waals surface area contributed by atoms with Gasteiger partial charge in [-0.1, -0.05) is 48.5 Å². The number of esters is 1. The van der Waals surface area contributed by atoms with Crippen molar-refractivity contribution in [2.75, 3.05) is 11.9 Å². The van der Waals surface area contributed by atoms with Crippen molar-refractivity contribution in [3.63, 3.8) is 0 Å². The van der Waals surface area contributed by atoms with E-state index < -0.39 is 11.9 Å². The predicted octanol–water partition coefficient (Wildman–Crippen LogP) is 5.22. The molecular formula is C28H22N2O4. The molecule has 0 atom stereocenters. The lowest BCUT2D eigenvalue weighted by molar-refractivity contribution is -0.119. The SMILES string of the molecule is O=C(COC(=O)c1c2c(nc3ccccc13)/C(=C\c1ccc(O)cc1)CC2)Nc1ccccc1. The highest BCUT2D eigenvalue weighted by Crippen LogP contribution is 2.37. The Hall–Kier alpha value is -4.45. The second kappa shape index (κ2) is 9.19. The van der Waals surface area contributed by atoms with Crippen LogP contribution in [0, 0.1) is 0 Å². The van der Waals surface area contributed by atoms with Crippen LogP contribution >= 0.6 is 0 Å². The van der Waals surface area contributed by atoms with E-state index in [0.717, 1.165) is 28.8 Å². The number of carbonyl (C=O) groups excluding carboxylic acids is 2. The maximum absolute atomic E-state index is 13.2. The maximum Gasteiger partial charge on any atom is 0.339 e. The highest BCUT2D eigenvalue weighted by atomic mass is 16.5. The summed E-state index contributed by atoms with van der Waals surface area (Å²) in [6, 6.07) is 23.4. The number of pyridine rings is 1. The topological polar surface area (TPSA) is 88.5 Å². The summed E-state index contributed by atoms with van der Waals surface area (Å²) in [6.07, 6.45) is 3.40. The molecule has 1 aromatic heterocycles. The van der Waals surface area contributed by atoms with Gasteiger partial charge in [0.05, 0.1) is 16.8 Å². The minimum absolute atomic E-state index is 0.208. The third kappa shape index (κ3) is 4.38. The van der Waals surface area contributed by atoms with Gasteiger partial charge in [-0.25, -0.2) is 9.78 Å².